The highest BCUT2D eigenvalue weighted by atomic mass is 16.3. The number of anilines is 1. The van der Waals surface area contributed by atoms with Gasteiger partial charge in [0, 0.05) is 11.1 Å². The lowest BCUT2D eigenvalue weighted by molar-refractivity contribution is 0.102. The number of amides is 1. The van der Waals surface area contributed by atoms with Crippen LogP contribution in [0.5, 0.6) is 5.75 Å². The van der Waals surface area contributed by atoms with Crippen molar-refractivity contribution in [2.45, 2.75) is 13.3 Å². The Hall–Kier alpha value is -3.08. The average molecular weight is 308 g/mol. The van der Waals surface area contributed by atoms with E-state index in [0.29, 0.717) is 16.6 Å². The summed E-state index contributed by atoms with van der Waals surface area (Å²) in [5.74, 6) is -0.948. The smallest absolute Gasteiger partial charge is 0.265 e. The standard InChI is InChI=1S/C18H16N2O3/c1-2-11-6-5-7-12(10-11)19-17(22)15-16(21)13-8-3-4-9-14(13)20-18(15)23/h3-10H,2H2,1H3,(H,19,22)(H2,20,21,23). The SMILES string of the molecule is CCc1cccc(NC(=O)c2c(O)c3ccccc3[nH]c2=O)c1. The van der Waals surface area contributed by atoms with Gasteiger partial charge in [0.15, 0.2) is 0 Å². The molecule has 0 aliphatic rings. The van der Waals surface area contributed by atoms with E-state index in [4.69, 9.17) is 0 Å². The number of aromatic amines is 1. The van der Waals surface area contributed by atoms with E-state index in [2.05, 4.69) is 10.3 Å². The van der Waals surface area contributed by atoms with Crippen molar-refractivity contribution in [1.29, 1.82) is 0 Å². The second-order valence-electron chi connectivity index (χ2n) is 5.23. The molecule has 0 radical (unpaired) electrons. The molecule has 1 heterocycles. The van der Waals surface area contributed by atoms with E-state index >= 15 is 0 Å². The number of H-pyrrole nitrogens is 1. The van der Waals surface area contributed by atoms with E-state index in [0.717, 1.165) is 12.0 Å². The van der Waals surface area contributed by atoms with Crippen LogP contribution in [0.2, 0.25) is 0 Å². The van der Waals surface area contributed by atoms with Gasteiger partial charge >= 0.3 is 0 Å². The Kier molecular flexibility index (Phi) is 3.85. The summed E-state index contributed by atoms with van der Waals surface area (Å²) in [5, 5.41) is 13.4. The minimum absolute atomic E-state index is 0.286. The molecule has 0 aliphatic carbocycles. The molecule has 5 heteroatoms. The maximum atomic E-state index is 12.4. The topological polar surface area (TPSA) is 82.2 Å². The summed E-state index contributed by atoms with van der Waals surface area (Å²) in [5.41, 5.74) is 1.23. The zero-order valence-corrected chi connectivity index (χ0v) is 12.6. The number of aryl methyl sites for hydroxylation is 1. The van der Waals surface area contributed by atoms with Gasteiger partial charge in [-0.25, -0.2) is 0 Å². The van der Waals surface area contributed by atoms with Gasteiger partial charge in [0.1, 0.15) is 11.3 Å². The zero-order valence-electron chi connectivity index (χ0n) is 12.6. The lowest BCUT2D eigenvalue weighted by Crippen LogP contribution is -2.23. The molecule has 0 unspecified atom stereocenters. The molecule has 0 aliphatic heterocycles. The number of carbonyl (C=O) groups excluding carboxylic acids is 1. The molecule has 2 aromatic carbocycles. The van der Waals surface area contributed by atoms with Crippen molar-refractivity contribution in [3.05, 3.63) is 70.0 Å². The quantitative estimate of drug-likeness (QED) is 0.695. The lowest BCUT2D eigenvalue weighted by Gasteiger charge is -2.09. The van der Waals surface area contributed by atoms with Crippen molar-refractivity contribution in [3.8, 4) is 5.75 Å². The number of nitrogens with one attached hydrogen (secondary N) is 2. The van der Waals surface area contributed by atoms with Crippen molar-refractivity contribution in [1.82, 2.24) is 4.98 Å². The Morgan fingerprint density at radius 2 is 1.96 bits per heavy atom. The fourth-order valence-electron chi connectivity index (χ4n) is 2.50. The number of aromatic nitrogens is 1. The van der Waals surface area contributed by atoms with Crippen LogP contribution in [-0.4, -0.2) is 16.0 Å². The average Bonchev–Trinajstić information content (AvgIpc) is 2.55. The number of carbonyl (C=O) groups is 1. The molecule has 1 aromatic heterocycles. The normalized spacial score (nSPS) is 10.7. The molecule has 3 aromatic rings. The Morgan fingerprint density at radius 3 is 2.74 bits per heavy atom. The van der Waals surface area contributed by atoms with Gasteiger partial charge in [0.25, 0.3) is 11.5 Å². The van der Waals surface area contributed by atoms with E-state index in [1.807, 2.05) is 25.1 Å². The van der Waals surface area contributed by atoms with Crippen LogP contribution in [0, 0.1) is 0 Å². The minimum Gasteiger partial charge on any atom is -0.506 e. The summed E-state index contributed by atoms with van der Waals surface area (Å²) in [4.78, 5) is 27.2. The van der Waals surface area contributed by atoms with Crippen LogP contribution >= 0.6 is 0 Å². The van der Waals surface area contributed by atoms with E-state index in [-0.39, 0.29) is 11.3 Å². The third-order valence-electron chi connectivity index (χ3n) is 3.71. The highest BCUT2D eigenvalue weighted by molar-refractivity contribution is 6.08. The maximum Gasteiger partial charge on any atom is 0.265 e. The van der Waals surface area contributed by atoms with Crippen molar-refractivity contribution >= 4 is 22.5 Å². The third kappa shape index (κ3) is 2.81. The molecule has 116 valence electrons. The molecule has 0 atom stereocenters. The predicted molar refractivity (Wildman–Crippen MR) is 90.0 cm³/mol. The monoisotopic (exact) mass is 308 g/mol. The second-order valence-corrected chi connectivity index (χ2v) is 5.23. The van der Waals surface area contributed by atoms with Gasteiger partial charge in [-0.3, -0.25) is 9.59 Å². The summed E-state index contributed by atoms with van der Waals surface area (Å²) in [6.07, 6.45) is 0.839. The van der Waals surface area contributed by atoms with Gasteiger partial charge in [-0.2, -0.15) is 0 Å². The molecule has 0 saturated heterocycles. The highest BCUT2D eigenvalue weighted by Gasteiger charge is 2.19. The first-order valence-electron chi connectivity index (χ1n) is 7.34. The fraction of sp³-hybridized carbons (Fsp3) is 0.111. The lowest BCUT2D eigenvalue weighted by atomic mass is 10.1. The number of hydrogen-bond donors (Lipinski definition) is 3. The third-order valence-corrected chi connectivity index (χ3v) is 3.71. The van der Waals surface area contributed by atoms with Gasteiger partial charge < -0.3 is 15.4 Å². The van der Waals surface area contributed by atoms with Crippen LogP contribution in [0.25, 0.3) is 10.9 Å². The number of hydrogen-bond acceptors (Lipinski definition) is 3. The first-order valence-corrected chi connectivity index (χ1v) is 7.34. The number of pyridine rings is 1. The second kappa shape index (κ2) is 5.96. The Morgan fingerprint density at radius 1 is 1.17 bits per heavy atom. The van der Waals surface area contributed by atoms with Gasteiger partial charge in [-0.1, -0.05) is 31.2 Å². The van der Waals surface area contributed by atoms with Crippen LogP contribution in [0.3, 0.4) is 0 Å². The molecular formula is C18H16N2O3. The maximum absolute atomic E-state index is 12.4. The van der Waals surface area contributed by atoms with Crippen LogP contribution in [-0.2, 0) is 6.42 Å². The fourth-order valence-corrected chi connectivity index (χ4v) is 2.50. The number of aromatic hydroxyl groups is 1. The van der Waals surface area contributed by atoms with E-state index in [9.17, 15) is 14.7 Å². The molecule has 3 N–H and O–H groups in total. The summed E-state index contributed by atoms with van der Waals surface area (Å²) in [6.45, 7) is 2.01. The summed E-state index contributed by atoms with van der Waals surface area (Å²) in [7, 11) is 0. The molecular weight excluding hydrogens is 292 g/mol. The molecule has 0 saturated carbocycles. The van der Waals surface area contributed by atoms with E-state index in [1.54, 1.807) is 30.3 Å². The molecule has 3 rings (SSSR count). The van der Waals surface area contributed by atoms with Gasteiger partial charge in [0.05, 0.1) is 5.52 Å². The molecule has 0 bridgehead atoms. The highest BCUT2D eigenvalue weighted by Crippen LogP contribution is 2.25. The van der Waals surface area contributed by atoms with Gasteiger partial charge in [0.2, 0.25) is 0 Å². The number of rotatable bonds is 3. The molecule has 0 fully saturated rings. The van der Waals surface area contributed by atoms with Crippen LogP contribution in [0.4, 0.5) is 5.69 Å². The summed E-state index contributed by atoms with van der Waals surface area (Å²) >= 11 is 0. The number of fused-ring (bicyclic) bond motifs is 1. The summed E-state index contributed by atoms with van der Waals surface area (Å²) in [6, 6.07) is 14.2. The summed E-state index contributed by atoms with van der Waals surface area (Å²) < 4.78 is 0. The van der Waals surface area contributed by atoms with Gasteiger partial charge in [-0.05, 0) is 36.2 Å². The number of benzene rings is 2. The predicted octanol–water partition coefficient (Wildman–Crippen LogP) is 3.05. The first-order chi connectivity index (χ1) is 11.1. The van der Waals surface area contributed by atoms with Crippen molar-refractivity contribution < 1.29 is 9.90 Å². The Bertz CT molecular complexity index is 944. The molecule has 0 spiro atoms. The Labute approximate surface area is 132 Å². The minimum atomic E-state index is -0.636. The van der Waals surface area contributed by atoms with Crippen molar-refractivity contribution in [2.75, 3.05) is 5.32 Å². The van der Waals surface area contributed by atoms with Crippen molar-refractivity contribution in [2.24, 2.45) is 0 Å². The van der Waals surface area contributed by atoms with Crippen LogP contribution in [0.1, 0.15) is 22.8 Å². The number of para-hydroxylation sites is 1. The largest absolute Gasteiger partial charge is 0.506 e. The van der Waals surface area contributed by atoms with Crippen LogP contribution < -0.4 is 10.9 Å². The molecule has 23 heavy (non-hydrogen) atoms. The van der Waals surface area contributed by atoms with Crippen molar-refractivity contribution in [3.63, 3.8) is 0 Å². The zero-order chi connectivity index (χ0) is 16.4. The van der Waals surface area contributed by atoms with E-state index < -0.39 is 11.5 Å². The molecule has 5 nitrogen and oxygen atoms in total. The van der Waals surface area contributed by atoms with Crippen LogP contribution in [0.15, 0.2) is 53.3 Å². The van der Waals surface area contributed by atoms with E-state index in [1.165, 1.54) is 0 Å². The Balaban J connectivity index is 2.02. The first kappa shape index (κ1) is 14.8. The molecule has 1 amide bonds. The van der Waals surface area contributed by atoms with Gasteiger partial charge in [-0.15, -0.1) is 0 Å².